The molecule has 0 heterocycles. The largest absolute Gasteiger partial charge is 0.300 e. The van der Waals surface area contributed by atoms with Crippen molar-refractivity contribution in [3.05, 3.63) is 41.5 Å². The minimum absolute atomic E-state index is 0.0670. The zero-order chi connectivity index (χ0) is 29.2. The molecular formula is C35H54O3. The van der Waals surface area contributed by atoms with Crippen LogP contribution in [0, 0.1) is 46.3 Å². The molecule has 0 radical (unpaired) electrons. The van der Waals surface area contributed by atoms with Gasteiger partial charge in [-0.05, 0) is 59.1 Å². The molecule has 6 atom stereocenters. The molecule has 0 saturated carbocycles. The third-order valence-electron chi connectivity index (χ3n) is 9.58. The lowest BCUT2D eigenvalue weighted by atomic mass is 9.64. The first kappa shape index (κ1) is 32.2. The van der Waals surface area contributed by atoms with Crippen molar-refractivity contribution in [3.63, 3.8) is 0 Å². The molecule has 0 N–H and O–H groups in total. The number of rotatable bonds is 13. The van der Waals surface area contributed by atoms with Gasteiger partial charge in [-0.1, -0.05) is 107 Å². The van der Waals surface area contributed by atoms with Gasteiger partial charge in [-0.3, -0.25) is 14.4 Å². The van der Waals surface area contributed by atoms with Crippen LogP contribution in [0.4, 0.5) is 0 Å². The van der Waals surface area contributed by atoms with Crippen molar-refractivity contribution in [2.75, 3.05) is 0 Å². The predicted octanol–water partition coefficient (Wildman–Crippen LogP) is 8.95. The molecule has 0 fully saturated rings. The molecule has 1 aromatic carbocycles. The second-order valence-electron chi connectivity index (χ2n) is 14.1. The fourth-order valence-electron chi connectivity index (χ4n) is 6.79. The van der Waals surface area contributed by atoms with Gasteiger partial charge in [-0.2, -0.15) is 0 Å². The van der Waals surface area contributed by atoms with Crippen LogP contribution in [-0.2, 0) is 14.4 Å². The molecule has 6 unspecified atom stereocenters. The molecule has 0 bridgehead atoms. The van der Waals surface area contributed by atoms with Crippen molar-refractivity contribution in [2.24, 2.45) is 46.3 Å². The van der Waals surface area contributed by atoms with Crippen LogP contribution in [0.1, 0.15) is 119 Å². The van der Waals surface area contributed by atoms with Crippen LogP contribution >= 0.6 is 0 Å². The summed E-state index contributed by atoms with van der Waals surface area (Å²) in [5.41, 5.74) is 3.18. The Bertz CT molecular complexity index is 1040. The molecule has 0 saturated heterocycles. The summed E-state index contributed by atoms with van der Waals surface area (Å²) >= 11 is 0. The SMILES string of the molecule is CCC(C(=O)CC(C(=O)C(C)C(CC(C)C(C)=O)C(C)C)C(C)(C)C)C(C)(C)C1=CC(C)c2ccccc21. The maximum absolute atomic E-state index is 14.1. The van der Waals surface area contributed by atoms with Gasteiger partial charge in [0.2, 0.25) is 0 Å². The number of Topliss-reactive ketones (excluding diaryl/α,β-unsaturated/α-hetero) is 3. The van der Waals surface area contributed by atoms with Crippen LogP contribution in [-0.4, -0.2) is 17.3 Å². The summed E-state index contributed by atoms with van der Waals surface area (Å²) in [7, 11) is 0. The minimum Gasteiger partial charge on any atom is -0.300 e. The Kier molecular flexibility index (Phi) is 10.5. The fourth-order valence-corrected chi connectivity index (χ4v) is 6.79. The van der Waals surface area contributed by atoms with E-state index in [2.05, 4.69) is 92.7 Å². The standard InChI is InChI=1S/C35H54O3/c1-13-29(35(11,12)30-19-23(5)26-16-14-15-17-27(26)30)32(37)20-31(34(8,9)10)33(38)24(6)28(21(2)3)18-22(4)25(7)36/h14-17,19,21-24,28-29,31H,13,18,20H2,1-12H3. The van der Waals surface area contributed by atoms with Crippen molar-refractivity contribution < 1.29 is 14.4 Å². The Labute approximate surface area is 233 Å². The van der Waals surface area contributed by atoms with E-state index in [1.165, 1.54) is 16.7 Å². The number of carbonyl (C=O) groups excluding carboxylic acids is 3. The molecule has 38 heavy (non-hydrogen) atoms. The molecule has 3 nitrogen and oxygen atoms in total. The van der Waals surface area contributed by atoms with Gasteiger partial charge in [0, 0.05) is 36.0 Å². The Morgan fingerprint density at radius 1 is 0.921 bits per heavy atom. The monoisotopic (exact) mass is 522 g/mol. The number of ketones is 3. The van der Waals surface area contributed by atoms with E-state index in [4.69, 9.17) is 0 Å². The summed E-state index contributed by atoms with van der Waals surface area (Å²) in [6, 6.07) is 8.54. The second-order valence-corrected chi connectivity index (χ2v) is 14.1. The predicted molar refractivity (Wildman–Crippen MR) is 160 cm³/mol. The van der Waals surface area contributed by atoms with Gasteiger partial charge in [-0.15, -0.1) is 0 Å². The van der Waals surface area contributed by atoms with Crippen molar-refractivity contribution in [1.29, 1.82) is 0 Å². The fraction of sp³-hybridized carbons (Fsp3) is 0.686. The highest BCUT2D eigenvalue weighted by atomic mass is 16.1. The van der Waals surface area contributed by atoms with Gasteiger partial charge in [0.25, 0.3) is 0 Å². The van der Waals surface area contributed by atoms with Gasteiger partial charge >= 0.3 is 0 Å². The smallest absolute Gasteiger partial charge is 0.140 e. The maximum atomic E-state index is 14.1. The van der Waals surface area contributed by atoms with Gasteiger partial charge in [0.15, 0.2) is 0 Å². The first-order chi connectivity index (χ1) is 17.4. The number of hydrogen-bond acceptors (Lipinski definition) is 3. The molecule has 3 heteroatoms. The number of fused-ring (bicyclic) bond motifs is 1. The zero-order valence-electron chi connectivity index (χ0n) is 26.3. The molecule has 1 aromatic rings. The molecule has 1 aliphatic rings. The second kappa shape index (κ2) is 12.4. The topological polar surface area (TPSA) is 51.2 Å². The van der Waals surface area contributed by atoms with E-state index >= 15 is 0 Å². The molecule has 0 aromatic heterocycles. The highest BCUT2D eigenvalue weighted by Crippen LogP contribution is 2.50. The molecule has 0 aliphatic heterocycles. The summed E-state index contributed by atoms with van der Waals surface area (Å²) in [6.45, 7) is 24.9. The third-order valence-corrected chi connectivity index (χ3v) is 9.58. The molecule has 0 spiro atoms. The van der Waals surface area contributed by atoms with E-state index in [-0.39, 0.29) is 70.1 Å². The molecule has 212 valence electrons. The van der Waals surface area contributed by atoms with E-state index in [0.29, 0.717) is 12.3 Å². The highest BCUT2D eigenvalue weighted by Gasteiger charge is 2.44. The average Bonchev–Trinajstić information content (AvgIpc) is 3.16. The Morgan fingerprint density at radius 3 is 2.00 bits per heavy atom. The van der Waals surface area contributed by atoms with E-state index < -0.39 is 0 Å². The third kappa shape index (κ3) is 6.93. The van der Waals surface area contributed by atoms with E-state index in [1.54, 1.807) is 6.92 Å². The molecule has 2 rings (SSSR count). The highest BCUT2D eigenvalue weighted by molar-refractivity contribution is 5.93. The van der Waals surface area contributed by atoms with E-state index in [0.717, 1.165) is 6.42 Å². The lowest BCUT2D eigenvalue weighted by Crippen LogP contribution is -2.41. The summed E-state index contributed by atoms with van der Waals surface area (Å²) in [5.74, 6) is 0.473. The lowest BCUT2D eigenvalue weighted by molar-refractivity contribution is -0.138. The summed E-state index contributed by atoms with van der Waals surface area (Å²) in [4.78, 5) is 40.2. The van der Waals surface area contributed by atoms with Gasteiger partial charge < -0.3 is 0 Å². The summed E-state index contributed by atoms with van der Waals surface area (Å²) < 4.78 is 0. The Hall–Kier alpha value is -2.03. The van der Waals surface area contributed by atoms with Crippen LogP contribution in [0.2, 0.25) is 0 Å². The summed E-state index contributed by atoms with van der Waals surface area (Å²) in [6.07, 6.45) is 4.05. The van der Waals surface area contributed by atoms with Crippen molar-refractivity contribution >= 4 is 22.9 Å². The Balaban J connectivity index is 2.35. The zero-order valence-corrected chi connectivity index (χ0v) is 26.3. The van der Waals surface area contributed by atoms with Crippen LogP contribution in [0.15, 0.2) is 30.3 Å². The van der Waals surface area contributed by atoms with Gasteiger partial charge in [0.05, 0.1) is 0 Å². The van der Waals surface area contributed by atoms with Crippen molar-refractivity contribution in [1.82, 2.24) is 0 Å². The van der Waals surface area contributed by atoms with E-state index in [9.17, 15) is 14.4 Å². The normalized spacial score (nSPS) is 19.8. The van der Waals surface area contributed by atoms with Crippen LogP contribution in [0.5, 0.6) is 0 Å². The number of carbonyl (C=O) groups is 3. The summed E-state index contributed by atoms with van der Waals surface area (Å²) in [5, 5.41) is 0. The van der Waals surface area contributed by atoms with Gasteiger partial charge in [-0.25, -0.2) is 0 Å². The number of benzene rings is 1. The number of hydrogen-bond donors (Lipinski definition) is 0. The van der Waals surface area contributed by atoms with Crippen LogP contribution < -0.4 is 0 Å². The molecular weight excluding hydrogens is 468 g/mol. The first-order valence-electron chi connectivity index (χ1n) is 14.8. The quantitative estimate of drug-likeness (QED) is 0.260. The van der Waals surface area contributed by atoms with Crippen LogP contribution in [0.25, 0.3) is 5.57 Å². The minimum atomic E-state index is -0.354. The Morgan fingerprint density at radius 2 is 1.50 bits per heavy atom. The van der Waals surface area contributed by atoms with Crippen molar-refractivity contribution in [2.45, 2.75) is 108 Å². The number of allylic oxidation sites excluding steroid dienone is 2. The molecule has 1 aliphatic carbocycles. The van der Waals surface area contributed by atoms with Crippen LogP contribution in [0.3, 0.4) is 0 Å². The average molecular weight is 523 g/mol. The van der Waals surface area contributed by atoms with Crippen molar-refractivity contribution in [3.8, 4) is 0 Å². The van der Waals surface area contributed by atoms with E-state index in [1.807, 2.05) is 13.8 Å². The van der Waals surface area contributed by atoms with Gasteiger partial charge in [0.1, 0.15) is 17.3 Å². The lowest BCUT2D eigenvalue weighted by Gasteiger charge is -2.39. The first-order valence-corrected chi connectivity index (χ1v) is 14.8. The maximum Gasteiger partial charge on any atom is 0.140 e. The molecule has 0 amide bonds.